The van der Waals surface area contributed by atoms with Crippen molar-refractivity contribution in [3.8, 4) is 16.9 Å². The van der Waals surface area contributed by atoms with Crippen LogP contribution in [0.3, 0.4) is 0 Å². The molecule has 1 saturated carbocycles. The van der Waals surface area contributed by atoms with Gasteiger partial charge in [0, 0.05) is 17.2 Å². The van der Waals surface area contributed by atoms with Gasteiger partial charge in [-0.25, -0.2) is 13.2 Å². The van der Waals surface area contributed by atoms with E-state index in [0.29, 0.717) is 40.5 Å². The molecule has 4 heteroatoms. The van der Waals surface area contributed by atoms with Crippen LogP contribution in [0, 0.1) is 23.4 Å². The fourth-order valence-electron chi connectivity index (χ4n) is 5.29. The van der Waals surface area contributed by atoms with Crippen molar-refractivity contribution in [3.05, 3.63) is 94.8 Å². The van der Waals surface area contributed by atoms with Gasteiger partial charge in [-0.05, 0) is 86.1 Å². The minimum atomic E-state index is -0.760. The second kappa shape index (κ2) is 13.0. The lowest BCUT2D eigenvalue weighted by Gasteiger charge is -2.27. The highest BCUT2D eigenvalue weighted by Crippen LogP contribution is 2.39. The molecule has 0 N–H and O–H groups in total. The Morgan fingerprint density at radius 2 is 1.59 bits per heavy atom. The summed E-state index contributed by atoms with van der Waals surface area (Å²) in [5, 5.41) is 0. The van der Waals surface area contributed by atoms with Crippen molar-refractivity contribution in [3.63, 3.8) is 0 Å². The van der Waals surface area contributed by atoms with Gasteiger partial charge >= 0.3 is 0 Å². The first-order chi connectivity index (χ1) is 18.0. The minimum Gasteiger partial charge on any atom is -0.494 e. The third-order valence-electron chi connectivity index (χ3n) is 7.49. The van der Waals surface area contributed by atoms with Crippen molar-refractivity contribution in [2.24, 2.45) is 5.92 Å². The molecule has 0 unspecified atom stereocenters. The van der Waals surface area contributed by atoms with Gasteiger partial charge in [-0.2, -0.15) is 0 Å². The largest absolute Gasteiger partial charge is 0.494 e. The summed E-state index contributed by atoms with van der Waals surface area (Å²) in [6.45, 7) is 4.54. The Hall–Kier alpha value is -3.01. The number of allylic oxidation sites excluding steroid dienone is 1. The molecule has 0 aromatic heterocycles. The quantitative estimate of drug-likeness (QED) is 0.249. The Labute approximate surface area is 219 Å². The molecule has 0 atom stereocenters. The van der Waals surface area contributed by atoms with E-state index in [1.54, 1.807) is 24.3 Å². The second-order valence-electron chi connectivity index (χ2n) is 10.1. The van der Waals surface area contributed by atoms with Crippen LogP contribution in [0.15, 0.2) is 60.7 Å². The van der Waals surface area contributed by atoms with Gasteiger partial charge < -0.3 is 4.74 Å². The van der Waals surface area contributed by atoms with E-state index in [4.69, 9.17) is 4.74 Å². The van der Waals surface area contributed by atoms with E-state index in [0.717, 1.165) is 38.5 Å². The van der Waals surface area contributed by atoms with Crippen LogP contribution in [0.5, 0.6) is 5.75 Å². The number of halogens is 3. The lowest BCUT2D eigenvalue weighted by molar-refractivity contribution is 0.338. The van der Waals surface area contributed by atoms with Crippen LogP contribution in [0.4, 0.5) is 13.2 Å². The Bertz CT molecular complexity index is 1190. The molecule has 1 fully saturated rings. The van der Waals surface area contributed by atoms with Crippen LogP contribution in [-0.4, -0.2) is 6.61 Å². The van der Waals surface area contributed by atoms with E-state index in [9.17, 15) is 4.39 Å². The SMILES string of the molecule is CCCCCc1ccc(-c2ccc(C3CCC(C=Cc4ccc(OCC)cc4F)CC3)c(F)c2F)cc1. The van der Waals surface area contributed by atoms with Crippen LogP contribution in [0.25, 0.3) is 17.2 Å². The monoisotopic (exact) mass is 506 g/mol. The van der Waals surface area contributed by atoms with Gasteiger partial charge in [0.15, 0.2) is 11.6 Å². The van der Waals surface area contributed by atoms with Gasteiger partial charge in [0.25, 0.3) is 0 Å². The second-order valence-corrected chi connectivity index (χ2v) is 10.1. The molecule has 0 heterocycles. The van der Waals surface area contributed by atoms with Crippen LogP contribution in [0.2, 0.25) is 0 Å². The predicted octanol–water partition coefficient (Wildman–Crippen LogP) is 9.89. The number of hydrogen-bond acceptors (Lipinski definition) is 1. The Balaban J connectivity index is 1.37. The average Bonchev–Trinajstić information content (AvgIpc) is 2.91. The van der Waals surface area contributed by atoms with Crippen LogP contribution in [0.1, 0.15) is 81.4 Å². The molecule has 0 saturated heterocycles. The summed E-state index contributed by atoms with van der Waals surface area (Å²) in [6.07, 6.45) is 11.7. The summed E-state index contributed by atoms with van der Waals surface area (Å²) < 4.78 is 50.0. The topological polar surface area (TPSA) is 9.23 Å². The number of benzene rings is 3. The van der Waals surface area contributed by atoms with Crippen molar-refractivity contribution in [1.82, 2.24) is 0 Å². The van der Waals surface area contributed by atoms with Crippen molar-refractivity contribution in [1.29, 1.82) is 0 Å². The zero-order chi connectivity index (χ0) is 26.2. The first kappa shape index (κ1) is 27.0. The number of ether oxygens (including phenoxy) is 1. The molecule has 3 aromatic carbocycles. The maximum atomic E-state index is 15.2. The molecule has 1 aliphatic rings. The normalized spacial score (nSPS) is 17.9. The van der Waals surface area contributed by atoms with E-state index in [1.165, 1.54) is 24.5 Å². The summed E-state index contributed by atoms with van der Waals surface area (Å²) >= 11 is 0. The van der Waals surface area contributed by atoms with Crippen LogP contribution < -0.4 is 4.74 Å². The highest BCUT2D eigenvalue weighted by molar-refractivity contribution is 5.65. The summed E-state index contributed by atoms with van der Waals surface area (Å²) in [5.74, 6) is -0.970. The lowest BCUT2D eigenvalue weighted by atomic mass is 9.78. The van der Waals surface area contributed by atoms with E-state index in [2.05, 4.69) is 6.92 Å². The molecule has 37 heavy (non-hydrogen) atoms. The standard InChI is InChI=1S/C33H37F3O/c1-3-5-6-7-23-8-13-25(14-9-23)29-20-21-30(33(36)32(29)35)26-15-10-24(11-16-26)12-17-27-18-19-28(37-4-2)22-31(27)34/h8-9,12-14,17-22,24,26H,3-7,10-11,15-16H2,1-2H3. The number of aryl methyl sites for hydroxylation is 1. The van der Waals surface area contributed by atoms with E-state index < -0.39 is 11.6 Å². The molecule has 0 aliphatic heterocycles. The van der Waals surface area contributed by atoms with Gasteiger partial charge in [0.2, 0.25) is 0 Å². The highest BCUT2D eigenvalue weighted by Gasteiger charge is 2.26. The molecule has 4 rings (SSSR count). The molecule has 0 radical (unpaired) electrons. The minimum absolute atomic E-state index is 0.00338. The summed E-state index contributed by atoms with van der Waals surface area (Å²) in [7, 11) is 0. The van der Waals surface area contributed by atoms with E-state index in [1.807, 2.05) is 43.3 Å². The molecule has 1 nitrogen and oxygen atoms in total. The number of hydrogen-bond donors (Lipinski definition) is 0. The van der Waals surface area contributed by atoms with Crippen molar-refractivity contribution >= 4 is 6.08 Å². The van der Waals surface area contributed by atoms with Crippen molar-refractivity contribution in [2.45, 2.75) is 71.1 Å². The molecule has 0 amide bonds. The zero-order valence-electron chi connectivity index (χ0n) is 21.9. The van der Waals surface area contributed by atoms with Crippen molar-refractivity contribution < 1.29 is 17.9 Å². The van der Waals surface area contributed by atoms with E-state index in [-0.39, 0.29) is 11.7 Å². The molecule has 0 bridgehead atoms. The zero-order valence-corrected chi connectivity index (χ0v) is 21.9. The molecular formula is C33H37F3O. The summed E-state index contributed by atoms with van der Waals surface area (Å²) in [5.41, 5.74) is 3.25. The fraction of sp³-hybridized carbons (Fsp3) is 0.394. The van der Waals surface area contributed by atoms with Crippen LogP contribution >= 0.6 is 0 Å². The Morgan fingerprint density at radius 1 is 0.838 bits per heavy atom. The maximum absolute atomic E-state index is 15.2. The first-order valence-electron chi connectivity index (χ1n) is 13.7. The number of rotatable bonds is 10. The van der Waals surface area contributed by atoms with Gasteiger partial charge in [0.05, 0.1) is 6.61 Å². The summed E-state index contributed by atoms with van der Waals surface area (Å²) in [4.78, 5) is 0. The average molecular weight is 507 g/mol. The van der Waals surface area contributed by atoms with Gasteiger partial charge in [-0.15, -0.1) is 0 Å². The Morgan fingerprint density at radius 3 is 2.27 bits per heavy atom. The third kappa shape index (κ3) is 6.85. The van der Waals surface area contributed by atoms with Crippen LogP contribution in [-0.2, 0) is 6.42 Å². The lowest BCUT2D eigenvalue weighted by Crippen LogP contribution is -2.13. The van der Waals surface area contributed by atoms with Gasteiger partial charge in [0.1, 0.15) is 11.6 Å². The summed E-state index contributed by atoms with van der Waals surface area (Å²) in [6, 6.07) is 16.2. The van der Waals surface area contributed by atoms with Gasteiger partial charge in [-0.3, -0.25) is 0 Å². The molecule has 3 aromatic rings. The Kier molecular flexibility index (Phi) is 9.49. The molecular weight excluding hydrogens is 469 g/mol. The molecule has 196 valence electrons. The third-order valence-corrected chi connectivity index (χ3v) is 7.49. The molecule has 0 spiro atoms. The van der Waals surface area contributed by atoms with E-state index >= 15 is 8.78 Å². The maximum Gasteiger partial charge on any atom is 0.166 e. The fourth-order valence-corrected chi connectivity index (χ4v) is 5.29. The number of unbranched alkanes of at least 4 members (excludes halogenated alkanes) is 2. The van der Waals surface area contributed by atoms with Crippen molar-refractivity contribution in [2.75, 3.05) is 6.61 Å². The first-order valence-corrected chi connectivity index (χ1v) is 13.7. The highest BCUT2D eigenvalue weighted by atomic mass is 19.2. The van der Waals surface area contributed by atoms with Gasteiger partial charge in [-0.1, -0.05) is 68.3 Å². The predicted molar refractivity (Wildman–Crippen MR) is 146 cm³/mol. The molecule has 1 aliphatic carbocycles. The smallest absolute Gasteiger partial charge is 0.166 e.